The van der Waals surface area contributed by atoms with Crippen LogP contribution in [-0.4, -0.2) is 42.3 Å². The van der Waals surface area contributed by atoms with Crippen LogP contribution in [0.2, 0.25) is 0 Å². The molecule has 3 N–H and O–H groups in total. The van der Waals surface area contributed by atoms with Gasteiger partial charge in [-0.25, -0.2) is 0 Å². The third-order valence-electron chi connectivity index (χ3n) is 5.11. The van der Waals surface area contributed by atoms with Crippen molar-refractivity contribution < 1.29 is 5.11 Å². The minimum atomic E-state index is 0.289. The summed E-state index contributed by atoms with van der Waals surface area (Å²) < 4.78 is 0. The zero-order chi connectivity index (χ0) is 12.8. The topological polar surface area (TPSA) is 49.5 Å². The highest BCUT2D eigenvalue weighted by molar-refractivity contribution is 4.90. The maximum absolute atomic E-state index is 9.32. The molecular weight excluding hydrogens is 224 g/mol. The van der Waals surface area contributed by atoms with E-state index in [0.717, 1.165) is 19.6 Å². The van der Waals surface area contributed by atoms with Gasteiger partial charge in [0.1, 0.15) is 0 Å². The lowest BCUT2D eigenvalue weighted by atomic mass is 9.84. The van der Waals surface area contributed by atoms with Crippen molar-refractivity contribution in [3.8, 4) is 0 Å². The fourth-order valence-electron chi connectivity index (χ4n) is 3.95. The summed E-state index contributed by atoms with van der Waals surface area (Å²) in [6, 6.07) is 0.704. The number of aliphatic hydroxyl groups excluding tert-OH is 1. The quantitative estimate of drug-likeness (QED) is 0.763. The van der Waals surface area contributed by atoms with Gasteiger partial charge in [0, 0.05) is 19.1 Å². The predicted molar refractivity (Wildman–Crippen MR) is 75.5 cm³/mol. The summed E-state index contributed by atoms with van der Waals surface area (Å²) in [5.41, 5.74) is 6.41. The van der Waals surface area contributed by atoms with Gasteiger partial charge in [0.25, 0.3) is 0 Å². The molecule has 0 aromatic carbocycles. The van der Waals surface area contributed by atoms with Gasteiger partial charge in [-0.3, -0.25) is 4.90 Å². The fourth-order valence-corrected chi connectivity index (χ4v) is 3.95. The number of hydrogen-bond acceptors (Lipinski definition) is 3. The normalized spacial score (nSPS) is 24.8. The molecule has 0 radical (unpaired) electrons. The molecule has 2 saturated carbocycles. The van der Waals surface area contributed by atoms with Crippen LogP contribution in [0.5, 0.6) is 0 Å². The Bertz CT molecular complexity index is 233. The smallest absolute Gasteiger partial charge is 0.0558 e. The van der Waals surface area contributed by atoms with Crippen LogP contribution in [0.4, 0.5) is 0 Å². The van der Waals surface area contributed by atoms with E-state index >= 15 is 0 Å². The van der Waals surface area contributed by atoms with Crippen LogP contribution in [0.15, 0.2) is 0 Å². The van der Waals surface area contributed by atoms with Crippen molar-refractivity contribution in [1.29, 1.82) is 0 Å². The molecule has 0 heterocycles. The fraction of sp³-hybridized carbons (Fsp3) is 1.00. The molecule has 2 rings (SSSR count). The molecule has 3 nitrogen and oxygen atoms in total. The first-order valence-corrected chi connectivity index (χ1v) is 7.85. The van der Waals surface area contributed by atoms with E-state index < -0.39 is 0 Å². The molecule has 3 heteroatoms. The van der Waals surface area contributed by atoms with Crippen molar-refractivity contribution in [1.82, 2.24) is 4.90 Å². The number of aliphatic hydroxyl groups is 1. The van der Waals surface area contributed by atoms with Gasteiger partial charge in [0.15, 0.2) is 0 Å². The molecule has 2 aliphatic rings. The highest BCUT2D eigenvalue weighted by Gasteiger charge is 2.36. The van der Waals surface area contributed by atoms with E-state index in [1.165, 1.54) is 57.8 Å². The Kier molecular flexibility index (Phi) is 5.46. The van der Waals surface area contributed by atoms with Crippen molar-refractivity contribution in [3.05, 3.63) is 0 Å². The molecule has 0 aromatic heterocycles. The maximum Gasteiger partial charge on any atom is 0.0558 e. The highest BCUT2D eigenvalue weighted by Crippen LogP contribution is 2.39. The molecular formula is C15H30N2O. The van der Waals surface area contributed by atoms with E-state index in [4.69, 9.17) is 5.73 Å². The molecule has 106 valence electrons. The van der Waals surface area contributed by atoms with Gasteiger partial charge < -0.3 is 10.8 Å². The highest BCUT2D eigenvalue weighted by atomic mass is 16.3. The SMILES string of the molecule is NCC1(CN(CCO)C2CCCCC2)CCCC1. The van der Waals surface area contributed by atoms with Crippen LogP contribution in [-0.2, 0) is 0 Å². The third kappa shape index (κ3) is 3.46. The summed E-state index contributed by atoms with van der Waals surface area (Å²) >= 11 is 0. The first-order chi connectivity index (χ1) is 8.79. The van der Waals surface area contributed by atoms with Crippen LogP contribution in [0.25, 0.3) is 0 Å². The average molecular weight is 254 g/mol. The Morgan fingerprint density at radius 3 is 2.28 bits per heavy atom. The standard InChI is InChI=1S/C15H30N2O/c16-12-15(8-4-5-9-15)13-17(10-11-18)14-6-2-1-3-7-14/h14,18H,1-13,16H2. The van der Waals surface area contributed by atoms with Gasteiger partial charge in [-0.1, -0.05) is 32.1 Å². The Labute approximate surface area is 112 Å². The lowest BCUT2D eigenvalue weighted by molar-refractivity contribution is 0.0745. The zero-order valence-corrected chi connectivity index (χ0v) is 11.7. The monoisotopic (exact) mass is 254 g/mol. The molecule has 0 aromatic rings. The molecule has 0 bridgehead atoms. The summed E-state index contributed by atoms with van der Waals surface area (Å²) in [4.78, 5) is 2.55. The molecule has 0 amide bonds. The predicted octanol–water partition coefficient (Wildman–Crippen LogP) is 2.13. The first kappa shape index (κ1) is 14.3. The van der Waals surface area contributed by atoms with Gasteiger partial charge in [0.2, 0.25) is 0 Å². The van der Waals surface area contributed by atoms with E-state index in [2.05, 4.69) is 4.90 Å². The second-order valence-electron chi connectivity index (χ2n) is 6.40. The summed E-state index contributed by atoms with van der Waals surface area (Å²) in [5.74, 6) is 0. The molecule has 0 aliphatic heterocycles. The molecule has 2 aliphatic carbocycles. The van der Waals surface area contributed by atoms with E-state index in [9.17, 15) is 5.11 Å². The number of rotatable bonds is 6. The van der Waals surface area contributed by atoms with Crippen molar-refractivity contribution in [2.24, 2.45) is 11.1 Å². The van der Waals surface area contributed by atoms with Crippen LogP contribution in [0, 0.1) is 5.41 Å². The Balaban J connectivity index is 1.95. The zero-order valence-electron chi connectivity index (χ0n) is 11.7. The third-order valence-corrected chi connectivity index (χ3v) is 5.11. The van der Waals surface area contributed by atoms with Gasteiger partial charge in [0.05, 0.1) is 6.61 Å². The van der Waals surface area contributed by atoms with Gasteiger partial charge in [-0.15, -0.1) is 0 Å². The van der Waals surface area contributed by atoms with Crippen molar-refractivity contribution in [2.45, 2.75) is 63.8 Å². The summed E-state index contributed by atoms with van der Waals surface area (Å²) in [7, 11) is 0. The van der Waals surface area contributed by atoms with Gasteiger partial charge in [-0.05, 0) is 37.6 Å². The minimum Gasteiger partial charge on any atom is -0.395 e. The van der Waals surface area contributed by atoms with E-state index in [1.54, 1.807) is 0 Å². The van der Waals surface area contributed by atoms with Gasteiger partial charge >= 0.3 is 0 Å². The van der Waals surface area contributed by atoms with Crippen LogP contribution in [0.1, 0.15) is 57.8 Å². The maximum atomic E-state index is 9.32. The summed E-state index contributed by atoms with van der Waals surface area (Å²) in [5, 5.41) is 9.32. The second-order valence-corrected chi connectivity index (χ2v) is 6.40. The van der Waals surface area contributed by atoms with Crippen molar-refractivity contribution in [3.63, 3.8) is 0 Å². The summed E-state index contributed by atoms with van der Waals surface area (Å²) in [6.07, 6.45) is 12.0. The van der Waals surface area contributed by atoms with E-state index in [1.807, 2.05) is 0 Å². The average Bonchev–Trinajstić information content (AvgIpc) is 2.89. The van der Waals surface area contributed by atoms with E-state index in [0.29, 0.717) is 11.5 Å². The van der Waals surface area contributed by atoms with Crippen LogP contribution in [0.3, 0.4) is 0 Å². The van der Waals surface area contributed by atoms with Crippen molar-refractivity contribution >= 4 is 0 Å². The summed E-state index contributed by atoms with van der Waals surface area (Å²) in [6.45, 7) is 3.07. The minimum absolute atomic E-state index is 0.289. The lowest BCUT2D eigenvalue weighted by Gasteiger charge is -2.40. The first-order valence-electron chi connectivity index (χ1n) is 7.85. The van der Waals surface area contributed by atoms with E-state index in [-0.39, 0.29) is 6.61 Å². The molecule has 18 heavy (non-hydrogen) atoms. The number of hydrogen-bond donors (Lipinski definition) is 2. The van der Waals surface area contributed by atoms with Gasteiger partial charge in [-0.2, -0.15) is 0 Å². The molecule has 0 unspecified atom stereocenters. The molecule has 2 fully saturated rings. The molecule has 0 spiro atoms. The number of nitrogens with two attached hydrogens (primary N) is 1. The second kappa shape index (κ2) is 6.88. The molecule has 0 saturated heterocycles. The Morgan fingerprint density at radius 2 is 1.72 bits per heavy atom. The molecule has 0 atom stereocenters. The largest absolute Gasteiger partial charge is 0.395 e. The Morgan fingerprint density at radius 1 is 1.06 bits per heavy atom. The van der Waals surface area contributed by atoms with Crippen LogP contribution >= 0.6 is 0 Å². The Hall–Kier alpha value is -0.120. The lowest BCUT2D eigenvalue weighted by Crippen LogP contribution is -2.47. The van der Waals surface area contributed by atoms with Crippen LogP contribution < -0.4 is 5.73 Å². The number of nitrogens with zero attached hydrogens (tertiary/aromatic N) is 1. The van der Waals surface area contributed by atoms with Crippen molar-refractivity contribution in [2.75, 3.05) is 26.2 Å².